The molecule has 4 heterocycles. The van der Waals surface area contributed by atoms with Crippen LogP contribution >= 0.6 is 0 Å². The number of hydrogen-bond donors (Lipinski definition) is 2. The second kappa shape index (κ2) is 17.0. The number of pyridine rings is 2. The standard InChI is InChI=1S/C26H29N3O3.C20H16N2O2/c1-17(2)19-9-10-22(21-7-4-3-6-20(19)21)25(30)29-23-8-5-13-27-24(23)26(31)28-16-18-11-14-32-15-12-18;1-12(2)13-9-10-16(15-7-4-3-6-14(13)15)19-22-17-8-5-11-21-18(17)20(23)24-19/h3-10,13,17-18H,11-12,14-16H2,1-2H3,(H,28,31)(H,29,30);3-12H,1-2H3. The van der Waals surface area contributed by atoms with Crippen molar-refractivity contribution in [2.75, 3.05) is 25.1 Å². The fourth-order valence-electron chi connectivity index (χ4n) is 7.21. The quantitative estimate of drug-likeness (QED) is 0.157. The first kappa shape index (κ1) is 38.0. The Hall–Kier alpha value is -6.26. The largest absolute Gasteiger partial charge is 0.402 e. The maximum absolute atomic E-state index is 13.2. The third-order valence-corrected chi connectivity index (χ3v) is 10.2. The number of nitrogens with one attached hydrogen (secondary N) is 2. The number of hydrogen-bond acceptors (Lipinski definition) is 8. The Bertz CT molecular complexity index is 2590. The summed E-state index contributed by atoms with van der Waals surface area (Å²) in [5.41, 5.74) is 4.80. The summed E-state index contributed by atoms with van der Waals surface area (Å²) in [7, 11) is 0. The molecule has 7 aromatic rings. The van der Waals surface area contributed by atoms with Crippen LogP contribution in [0.15, 0.2) is 119 Å². The number of nitrogens with zero attached hydrogens (tertiary/aromatic N) is 3. The lowest BCUT2D eigenvalue weighted by Gasteiger charge is -2.22. The van der Waals surface area contributed by atoms with Crippen molar-refractivity contribution in [1.29, 1.82) is 0 Å². The van der Waals surface area contributed by atoms with Gasteiger partial charge in [-0.25, -0.2) is 19.7 Å². The Kier molecular flexibility index (Phi) is 11.6. The van der Waals surface area contributed by atoms with Crippen molar-refractivity contribution in [2.24, 2.45) is 5.92 Å². The minimum Gasteiger partial charge on any atom is -0.402 e. The number of carbonyl (C=O) groups excluding carboxylic acids is 2. The molecule has 10 nitrogen and oxygen atoms in total. The summed E-state index contributed by atoms with van der Waals surface area (Å²) in [6.45, 7) is 10.7. The molecule has 284 valence electrons. The fourth-order valence-corrected chi connectivity index (χ4v) is 7.21. The van der Waals surface area contributed by atoms with Crippen molar-refractivity contribution >= 4 is 50.1 Å². The number of rotatable bonds is 8. The molecule has 0 unspecified atom stereocenters. The van der Waals surface area contributed by atoms with Crippen molar-refractivity contribution in [3.8, 4) is 11.5 Å². The molecule has 1 saturated heterocycles. The van der Waals surface area contributed by atoms with Crippen molar-refractivity contribution in [3.63, 3.8) is 0 Å². The average Bonchev–Trinajstić information content (AvgIpc) is 3.22. The van der Waals surface area contributed by atoms with E-state index in [1.54, 1.807) is 36.7 Å². The van der Waals surface area contributed by atoms with Gasteiger partial charge in [-0.2, -0.15) is 0 Å². The minimum absolute atomic E-state index is 0.219. The SMILES string of the molecule is CC(C)c1ccc(-c2nc3cccnc3c(=O)o2)c2ccccc12.CC(C)c1ccc(C(=O)Nc2cccnc2C(=O)NCC2CCOCC2)c2ccccc12. The van der Waals surface area contributed by atoms with Crippen LogP contribution in [0.4, 0.5) is 5.69 Å². The molecule has 1 aliphatic rings. The zero-order valence-corrected chi connectivity index (χ0v) is 32.0. The molecule has 2 N–H and O–H groups in total. The number of benzene rings is 4. The second-order valence-corrected chi connectivity index (χ2v) is 14.6. The van der Waals surface area contributed by atoms with E-state index in [4.69, 9.17) is 9.15 Å². The van der Waals surface area contributed by atoms with Crippen LogP contribution in [0.2, 0.25) is 0 Å². The molecule has 4 aromatic carbocycles. The smallest absolute Gasteiger partial charge is 0.365 e. The highest BCUT2D eigenvalue weighted by Crippen LogP contribution is 2.33. The van der Waals surface area contributed by atoms with Crippen LogP contribution in [0.5, 0.6) is 0 Å². The molecule has 0 spiro atoms. The number of carbonyl (C=O) groups is 2. The summed E-state index contributed by atoms with van der Waals surface area (Å²) in [5.74, 6) is 0.939. The Morgan fingerprint density at radius 1 is 0.714 bits per heavy atom. The van der Waals surface area contributed by atoms with Crippen LogP contribution in [0.3, 0.4) is 0 Å². The van der Waals surface area contributed by atoms with E-state index in [0.717, 1.165) is 53.2 Å². The summed E-state index contributed by atoms with van der Waals surface area (Å²) in [6, 6.07) is 30.9. The maximum atomic E-state index is 13.2. The first-order chi connectivity index (χ1) is 27.2. The zero-order chi connectivity index (χ0) is 39.2. The highest BCUT2D eigenvalue weighted by Gasteiger charge is 2.21. The summed E-state index contributed by atoms with van der Waals surface area (Å²) in [5, 5.41) is 10.0. The predicted molar refractivity (Wildman–Crippen MR) is 221 cm³/mol. The van der Waals surface area contributed by atoms with Crippen LogP contribution in [-0.4, -0.2) is 46.5 Å². The molecule has 0 radical (unpaired) electrons. The lowest BCUT2D eigenvalue weighted by molar-refractivity contribution is 0.0642. The fraction of sp³-hybridized carbons (Fsp3) is 0.261. The molecule has 0 aliphatic carbocycles. The van der Waals surface area contributed by atoms with Crippen LogP contribution in [0.25, 0.3) is 44.0 Å². The number of ether oxygens (including phenoxy) is 1. The molecule has 56 heavy (non-hydrogen) atoms. The number of anilines is 1. The normalized spacial score (nSPS) is 13.2. The van der Waals surface area contributed by atoms with Crippen molar-refractivity contribution < 1.29 is 18.7 Å². The lowest BCUT2D eigenvalue weighted by Crippen LogP contribution is -2.33. The van der Waals surface area contributed by atoms with E-state index in [9.17, 15) is 14.4 Å². The summed E-state index contributed by atoms with van der Waals surface area (Å²) >= 11 is 0. The lowest BCUT2D eigenvalue weighted by atomic mass is 9.93. The van der Waals surface area contributed by atoms with Gasteiger partial charge in [0.05, 0.1) is 5.69 Å². The van der Waals surface area contributed by atoms with Gasteiger partial charge >= 0.3 is 5.63 Å². The minimum atomic E-state index is -0.465. The molecular formula is C46H45N5O5. The topological polar surface area (TPSA) is 136 Å². The summed E-state index contributed by atoms with van der Waals surface area (Å²) in [4.78, 5) is 51.0. The van der Waals surface area contributed by atoms with Gasteiger partial charge < -0.3 is 19.8 Å². The molecule has 1 aliphatic heterocycles. The molecule has 8 rings (SSSR count). The molecule has 0 saturated carbocycles. The second-order valence-electron chi connectivity index (χ2n) is 14.6. The zero-order valence-electron chi connectivity index (χ0n) is 32.0. The van der Waals surface area contributed by atoms with E-state index >= 15 is 0 Å². The van der Waals surface area contributed by atoms with E-state index in [1.165, 1.54) is 11.1 Å². The molecule has 10 heteroatoms. The summed E-state index contributed by atoms with van der Waals surface area (Å²) in [6.07, 6.45) is 5.00. The van der Waals surface area contributed by atoms with E-state index < -0.39 is 5.63 Å². The highest BCUT2D eigenvalue weighted by atomic mass is 16.5. The van der Waals surface area contributed by atoms with E-state index in [-0.39, 0.29) is 23.0 Å². The first-order valence-electron chi connectivity index (χ1n) is 19.1. The highest BCUT2D eigenvalue weighted by molar-refractivity contribution is 6.15. The number of aromatic nitrogens is 3. The van der Waals surface area contributed by atoms with Gasteiger partial charge in [0, 0.05) is 43.3 Å². The third-order valence-electron chi connectivity index (χ3n) is 10.2. The van der Waals surface area contributed by atoms with E-state index in [1.807, 2.05) is 60.7 Å². The molecule has 0 bridgehead atoms. The van der Waals surface area contributed by atoms with Crippen molar-refractivity contribution in [2.45, 2.75) is 52.4 Å². The maximum Gasteiger partial charge on any atom is 0.365 e. The van der Waals surface area contributed by atoms with Crippen LogP contribution < -0.4 is 16.3 Å². The average molecular weight is 748 g/mol. The number of amides is 2. The van der Waals surface area contributed by atoms with Gasteiger partial charge in [-0.3, -0.25) is 9.59 Å². The molecule has 1 fully saturated rings. The Labute approximate surface area is 325 Å². The van der Waals surface area contributed by atoms with Gasteiger partial charge in [0.25, 0.3) is 11.8 Å². The molecule has 0 atom stereocenters. The van der Waals surface area contributed by atoms with Gasteiger partial charge in [-0.05, 0) is 99.7 Å². The Balaban J connectivity index is 0.000000178. The van der Waals surface area contributed by atoms with Crippen molar-refractivity contribution in [1.82, 2.24) is 20.3 Å². The number of fused-ring (bicyclic) bond motifs is 3. The van der Waals surface area contributed by atoms with Crippen LogP contribution in [-0.2, 0) is 4.74 Å². The predicted octanol–water partition coefficient (Wildman–Crippen LogP) is 9.29. The Morgan fingerprint density at radius 2 is 1.34 bits per heavy atom. The van der Waals surface area contributed by atoms with E-state index in [2.05, 4.69) is 65.4 Å². The van der Waals surface area contributed by atoms with Gasteiger partial charge in [-0.1, -0.05) is 88.4 Å². The van der Waals surface area contributed by atoms with Gasteiger partial charge in [0.2, 0.25) is 5.89 Å². The monoisotopic (exact) mass is 747 g/mol. The van der Waals surface area contributed by atoms with Crippen molar-refractivity contribution in [3.05, 3.63) is 142 Å². The van der Waals surface area contributed by atoms with E-state index in [0.29, 0.717) is 47.0 Å². The molecule has 2 amide bonds. The summed E-state index contributed by atoms with van der Waals surface area (Å²) < 4.78 is 10.8. The Morgan fingerprint density at radius 3 is 2.05 bits per heavy atom. The van der Waals surface area contributed by atoms with Crippen LogP contribution in [0.1, 0.15) is 84.3 Å². The van der Waals surface area contributed by atoms with Gasteiger partial charge in [0.15, 0.2) is 11.2 Å². The van der Waals surface area contributed by atoms with Gasteiger partial charge in [-0.15, -0.1) is 0 Å². The molecular weight excluding hydrogens is 703 g/mol. The van der Waals surface area contributed by atoms with Gasteiger partial charge in [0.1, 0.15) is 5.52 Å². The van der Waals surface area contributed by atoms with Crippen LogP contribution in [0, 0.1) is 5.92 Å². The third kappa shape index (κ3) is 8.21. The first-order valence-corrected chi connectivity index (χ1v) is 19.1. The molecule has 3 aromatic heterocycles.